The molecule has 0 aromatic carbocycles. The minimum atomic E-state index is -0.704. The molecule has 0 bridgehead atoms. The fraction of sp³-hybridized carbons (Fsp3) is 0.955. The van der Waals surface area contributed by atoms with Gasteiger partial charge in [0.1, 0.15) is 0 Å². The molecule has 0 heterocycles. The first-order chi connectivity index (χ1) is 13.0. The number of rotatable bonds is 19. The lowest BCUT2D eigenvalue weighted by Gasteiger charge is -2.19. The predicted molar refractivity (Wildman–Crippen MR) is 114 cm³/mol. The van der Waals surface area contributed by atoms with Crippen molar-refractivity contribution in [1.29, 1.82) is 0 Å². The highest BCUT2D eigenvalue weighted by molar-refractivity contribution is 5.75. The van der Waals surface area contributed by atoms with E-state index in [-0.39, 0.29) is 18.9 Å². The number of hydrogen-bond acceptors (Lipinski definition) is 4. The maximum atomic E-state index is 11.8. The largest absolute Gasteiger partial charge is 0.392 e. The Hall–Kier alpha value is -0.650. The van der Waals surface area contributed by atoms with E-state index >= 15 is 0 Å². The Labute approximate surface area is 167 Å². The molecule has 0 aromatic rings. The van der Waals surface area contributed by atoms with Gasteiger partial charge in [-0.2, -0.15) is 0 Å². The lowest BCUT2D eigenvalue weighted by Crippen LogP contribution is -2.40. The Balaban J connectivity index is 3.34. The van der Waals surface area contributed by atoms with Crippen molar-refractivity contribution in [1.82, 2.24) is 5.32 Å². The van der Waals surface area contributed by atoms with Crippen molar-refractivity contribution >= 4 is 5.91 Å². The SMILES string of the molecule is CCCCCCCCCCCCCCCC(=O)NC[C@H](O)CC(N)[C@@H](C)O. The highest BCUT2D eigenvalue weighted by Gasteiger charge is 2.15. The molecule has 0 aromatic heterocycles. The van der Waals surface area contributed by atoms with Crippen molar-refractivity contribution in [2.24, 2.45) is 5.73 Å². The molecule has 27 heavy (non-hydrogen) atoms. The van der Waals surface area contributed by atoms with Gasteiger partial charge >= 0.3 is 0 Å². The molecule has 1 amide bonds. The van der Waals surface area contributed by atoms with Crippen LogP contribution in [0.5, 0.6) is 0 Å². The molecule has 0 radical (unpaired) electrons. The minimum Gasteiger partial charge on any atom is -0.392 e. The van der Waals surface area contributed by atoms with E-state index in [1.54, 1.807) is 6.92 Å². The van der Waals surface area contributed by atoms with E-state index in [2.05, 4.69) is 12.2 Å². The lowest BCUT2D eigenvalue weighted by molar-refractivity contribution is -0.121. The molecule has 0 aliphatic rings. The number of aliphatic hydroxyl groups is 2. The fourth-order valence-corrected chi connectivity index (χ4v) is 3.22. The van der Waals surface area contributed by atoms with Crippen molar-refractivity contribution in [2.45, 2.75) is 128 Å². The van der Waals surface area contributed by atoms with Gasteiger partial charge in [-0.1, -0.05) is 84.0 Å². The van der Waals surface area contributed by atoms with Gasteiger partial charge in [0.05, 0.1) is 12.2 Å². The Morgan fingerprint density at radius 1 is 0.852 bits per heavy atom. The van der Waals surface area contributed by atoms with Crippen LogP contribution in [0.25, 0.3) is 0 Å². The predicted octanol–water partition coefficient (Wildman–Crippen LogP) is 4.04. The first kappa shape index (κ1) is 26.4. The summed E-state index contributed by atoms with van der Waals surface area (Å²) in [6.45, 7) is 4.07. The summed E-state index contributed by atoms with van der Waals surface area (Å²) in [4.78, 5) is 11.8. The van der Waals surface area contributed by atoms with Gasteiger partial charge in [-0.15, -0.1) is 0 Å². The van der Waals surface area contributed by atoms with Crippen molar-refractivity contribution < 1.29 is 15.0 Å². The number of hydrogen-bond donors (Lipinski definition) is 4. The van der Waals surface area contributed by atoms with Crippen LogP contribution in [0.1, 0.15) is 110 Å². The first-order valence-electron chi connectivity index (χ1n) is 11.4. The standard InChI is InChI=1S/C22H46N2O3/c1-3-4-5-6-7-8-9-10-11-12-13-14-15-16-22(27)24-18-20(26)17-21(23)19(2)25/h19-21,25-26H,3-18,23H2,1-2H3,(H,24,27)/t19-,20-,21?/m1/s1. The van der Waals surface area contributed by atoms with Gasteiger partial charge in [-0.25, -0.2) is 0 Å². The molecule has 3 atom stereocenters. The number of carbonyl (C=O) groups excluding carboxylic acids is 1. The zero-order valence-electron chi connectivity index (χ0n) is 17.9. The molecule has 5 nitrogen and oxygen atoms in total. The second-order valence-corrected chi connectivity index (χ2v) is 8.09. The van der Waals surface area contributed by atoms with Gasteiger partial charge in [0.2, 0.25) is 5.91 Å². The van der Waals surface area contributed by atoms with Gasteiger partial charge in [-0.3, -0.25) is 4.79 Å². The zero-order valence-corrected chi connectivity index (χ0v) is 17.9. The molecule has 0 saturated carbocycles. The Kier molecular flexibility index (Phi) is 18.3. The molecular weight excluding hydrogens is 340 g/mol. The van der Waals surface area contributed by atoms with Crippen molar-refractivity contribution in [2.75, 3.05) is 6.54 Å². The van der Waals surface area contributed by atoms with Gasteiger partial charge in [0.15, 0.2) is 0 Å². The third-order valence-electron chi connectivity index (χ3n) is 5.21. The number of aliphatic hydroxyl groups excluding tert-OH is 2. The van der Waals surface area contributed by atoms with Crippen LogP contribution < -0.4 is 11.1 Å². The molecule has 0 spiro atoms. The molecule has 0 aliphatic heterocycles. The Morgan fingerprint density at radius 3 is 1.74 bits per heavy atom. The molecule has 162 valence electrons. The van der Waals surface area contributed by atoms with Crippen LogP contribution in [-0.2, 0) is 4.79 Å². The average Bonchev–Trinajstić information content (AvgIpc) is 2.63. The summed E-state index contributed by atoms with van der Waals surface area (Å²) in [5, 5.41) is 21.9. The quantitative estimate of drug-likeness (QED) is 0.252. The lowest BCUT2D eigenvalue weighted by atomic mass is 10.0. The van der Waals surface area contributed by atoms with Crippen LogP contribution in [0.2, 0.25) is 0 Å². The van der Waals surface area contributed by atoms with Crippen molar-refractivity contribution in [3.63, 3.8) is 0 Å². The fourth-order valence-electron chi connectivity index (χ4n) is 3.22. The van der Waals surface area contributed by atoms with E-state index in [9.17, 15) is 15.0 Å². The molecule has 0 saturated heterocycles. The molecule has 0 fully saturated rings. The van der Waals surface area contributed by atoms with Gasteiger partial charge in [0.25, 0.3) is 0 Å². The second kappa shape index (κ2) is 18.7. The van der Waals surface area contributed by atoms with Gasteiger partial charge < -0.3 is 21.3 Å². The number of unbranched alkanes of at least 4 members (excludes halogenated alkanes) is 12. The van der Waals surface area contributed by atoms with Crippen LogP contribution in [0.4, 0.5) is 0 Å². The van der Waals surface area contributed by atoms with E-state index in [1.165, 1.54) is 70.6 Å². The summed E-state index contributed by atoms with van der Waals surface area (Å²) < 4.78 is 0. The van der Waals surface area contributed by atoms with E-state index in [0.717, 1.165) is 12.8 Å². The number of amides is 1. The van der Waals surface area contributed by atoms with Crippen molar-refractivity contribution in [3.8, 4) is 0 Å². The van der Waals surface area contributed by atoms with E-state index in [0.29, 0.717) is 6.42 Å². The van der Waals surface area contributed by atoms with Gasteiger partial charge in [-0.05, 0) is 19.8 Å². The highest BCUT2D eigenvalue weighted by atomic mass is 16.3. The molecule has 0 rings (SSSR count). The summed E-state index contributed by atoms with van der Waals surface area (Å²) in [5.41, 5.74) is 5.69. The molecule has 0 aliphatic carbocycles. The van der Waals surface area contributed by atoms with Crippen LogP contribution in [0.15, 0.2) is 0 Å². The second-order valence-electron chi connectivity index (χ2n) is 8.09. The number of nitrogens with one attached hydrogen (secondary N) is 1. The highest BCUT2D eigenvalue weighted by Crippen LogP contribution is 2.12. The zero-order chi connectivity index (χ0) is 20.3. The maximum absolute atomic E-state index is 11.8. The van der Waals surface area contributed by atoms with Crippen molar-refractivity contribution in [3.05, 3.63) is 0 Å². The first-order valence-corrected chi connectivity index (χ1v) is 11.4. The molecule has 1 unspecified atom stereocenters. The summed E-state index contributed by atoms with van der Waals surface area (Å²) in [7, 11) is 0. The van der Waals surface area contributed by atoms with Crippen LogP contribution >= 0.6 is 0 Å². The van der Waals surface area contributed by atoms with Crippen LogP contribution in [0, 0.1) is 0 Å². The van der Waals surface area contributed by atoms with Gasteiger partial charge in [0, 0.05) is 19.0 Å². The third kappa shape index (κ3) is 18.5. The Morgan fingerprint density at radius 2 is 1.30 bits per heavy atom. The van der Waals surface area contributed by atoms with Crippen LogP contribution in [-0.4, -0.2) is 40.9 Å². The monoisotopic (exact) mass is 386 g/mol. The maximum Gasteiger partial charge on any atom is 0.220 e. The summed E-state index contributed by atoms with van der Waals surface area (Å²) in [5.74, 6) is -0.0114. The third-order valence-corrected chi connectivity index (χ3v) is 5.21. The smallest absolute Gasteiger partial charge is 0.220 e. The Bertz CT molecular complexity index is 338. The molecule has 5 N–H and O–H groups in total. The molecule has 5 heteroatoms. The molecular formula is C22H46N2O3. The van der Waals surface area contributed by atoms with E-state index in [1.807, 2.05) is 0 Å². The van der Waals surface area contributed by atoms with Crippen LogP contribution in [0.3, 0.4) is 0 Å². The summed E-state index contributed by atoms with van der Waals surface area (Å²) in [6.07, 6.45) is 16.3. The summed E-state index contributed by atoms with van der Waals surface area (Å²) in [6, 6.07) is -0.460. The van der Waals surface area contributed by atoms with E-state index in [4.69, 9.17) is 5.73 Å². The summed E-state index contributed by atoms with van der Waals surface area (Å²) >= 11 is 0. The topological polar surface area (TPSA) is 95.6 Å². The number of nitrogens with two attached hydrogens (primary N) is 1. The number of carbonyl (C=O) groups is 1. The minimum absolute atomic E-state index is 0.0114. The average molecular weight is 387 g/mol. The van der Waals surface area contributed by atoms with E-state index < -0.39 is 18.2 Å². The normalized spacial score (nSPS) is 14.7.